The van der Waals surface area contributed by atoms with Crippen LogP contribution in [0, 0.1) is 6.92 Å². The molecule has 0 atom stereocenters. The van der Waals surface area contributed by atoms with Crippen molar-refractivity contribution in [3.8, 4) is 0 Å². The monoisotopic (exact) mass is 284 g/mol. The Morgan fingerprint density at radius 1 is 1.33 bits per heavy atom. The van der Waals surface area contributed by atoms with Crippen LogP contribution in [0.1, 0.15) is 10.7 Å². The molecule has 2 rings (SSSR count). The van der Waals surface area contributed by atoms with E-state index in [0.717, 1.165) is 10.7 Å². The summed E-state index contributed by atoms with van der Waals surface area (Å²) in [6, 6.07) is 0. The van der Waals surface area contributed by atoms with E-state index in [-0.39, 0.29) is 5.28 Å². The molecule has 0 aliphatic rings. The summed E-state index contributed by atoms with van der Waals surface area (Å²) in [5, 5.41) is 6.08. The van der Waals surface area contributed by atoms with Crippen LogP contribution in [-0.2, 0) is 6.54 Å². The molecular weight excluding hydrogens is 272 g/mol. The molecule has 0 spiro atoms. The highest BCUT2D eigenvalue weighted by molar-refractivity contribution is 7.09. The number of nitrogens with zero attached hydrogens (tertiary/aromatic N) is 5. The van der Waals surface area contributed by atoms with E-state index >= 15 is 0 Å². The summed E-state index contributed by atoms with van der Waals surface area (Å²) >= 11 is 7.46. The number of aryl methyl sites for hydroxylation is 1. The van der Waals surface area contributed by atoms with Crippen LogP contribution in [0.15, 0.2) is 5.38 Å². The lowest BCUT2D eigenvalue weighted by Crippen LogP contribution is -2.20. The Kier molecular flexibility index (Phi) is 3.93. The summed E-state index contributed by atoms with van der Waals surface area (Å²) in [7, 11) is 3.62. The van der Waals surface area contributed by atoms with Gasteiger partial charge >= 0.3 is 0 Å². The van der Waals surface area contributed by atoms with Crippen molar-refractivity contribution in [2.75, 3.05) is 24.3 Å². The largest absolute Gasteiger partial charge is 0.357 e. The highest BCUT2D eigenvalue weighted by Crippen LogP contribution is 2.16. The first-order valence-electron chi connectivity index (χ1n) is 5.30. The van der Waals surface area contributed by atoms with E-state index in [0.29, 0.717) is 18.4 Å². The molecule has 8 heteroatoms. The summed E-state index contributed by atoms with van der Waals surface area (Å²) in [4.78, 5) is 18.5. The minimum Gasteiger partial charge on any atom is -0.357 e. The third-order valence-corrected chi connectivity index (χ3v) is 3.22. The Balaban J connectivity index is 2.17. The fourth-order valence-corrected chi connectivity index (χ4v) is 2.18. The Morgan fingerprint density at radius 3 is 2.72 bits per heavy atom. The van der Waals surface area contributed by atoms with Gasteiger partial charge in [-0.05, 0) is 18.5 Å². The normalized spacial score (nSPS) is 10.4. The van der Waals surface area contributed by atoms with Crippen molar-refractivity contribution in [1.29, 1.82) is 0 Å². The number of rotatable bonds is 4. The standard InChI is InChI=1S/C10H13ClN6S/c1-6-13-7(5-18-6)4-17(3)10-15-8(11)14-9(12-2)16-10/h5H,4H2,1-3H3,(H,12,14,15,16). The zero-order chi connectivity index (χ0) is 13.1. The second kappa shape index (κ2) is 5.45. The maximum atomic E-state index is 5.84. The molecule has 0 aliphatic heterocycles. The third kappa shape index (κ3) is 3.05. The predicted molar refractivity (Wildman–Crippen MR) is 73.3 cm³/mol. The van der Waals surface area contributed by atoms with E-state index in [9.17, 15) is 0 Å². The summed E-state index contributed by atoms with van der Waals surface area (Å²) < 4.78 is 0. The minimum atomic E-state index is 0.172. The van der Waals surface area contributed by atoms with Crippen LogP contribution in [0.25, 0.3) is 0 Å². The van der Waals surface area contributed by atoms with Crippen molar-refractivity contribution in [2.45, 2.75) is 13.5 Å². The highest BCUT2D eigenvalue weighted by Gasteiger charge is 2.10. The molecular formula is C10H13ClN6S. The molecule has 0 radical (unpaired) electrons. The molecule has 0 bridgehead atoms. The van der Waals surface area contributed by atoms with E-state index < -0.39 is 0 Å². The van der Waals surface area contributed by atoms with E-state index in [1.165, 1.54) is 0 Å². The van der Waals surface area contributed by atoms with Crippen LogP contribution in [0.5, 0.6) is 0 Å². The van der Waals surface area contributed by atoms with Gasteiger partial charge in [0.15, 0.2) is 0 Å². The molecule has 96 valence electrons. The quantitative estimate of drug-likeness (QED) is 0.926. The molecule has 0 unspecified atom stereocenters. The fraction of sp³-hybridized carbons (Fsp3) is 0.400. The van der Waals surface area contributed by atoms with Crippen molar-refractivity contribution >= 4 is 34.8 Å². The average molecular weight is 285 g/mol. The number of hydrogen-bond donors (Lipinski definition) is 1. The van der Waals surface area contributed by atoms with E-state index in [1.807, 2.05) is 24.3 Å². The molecule has 0 aromatic carbocycles. The maximum absolute atomic E-state index is 5.84. The first kappa shape index (κ1) is 13.0. The van der Waals surface area contributed by atoms with Crippen LogP contribution in [0.3, 0.4) is 0 Å². The summed E-state index contributed by atoms with van der Waals surface area (Å²) in [6.45, 7) is 2.61. The SMILES string of the molecule is CNc1nc(Cl)nc(N(C)Cc2csc(C)n2)n1. The van der Waals surface area contributed by atoms with Gasteiger partial charge in [0.2, 0.25) is 17.2 Å². The number of nitrogens with one attached hydrogen (secondary N) is 1. The highest BCUT2D eigenvalue weighted by atomic mass is 35.5. The molecule has 0 aliphatic carbocycles. The van der Waals surface area contributed by atoms with Crippen molar-refractivity contribution in [2.24, 2.45) is 0 Å². The molecule has 1 N–H and O–H groups in total. The number of halogens is 1. The number of thiazole rings is 1. The topological polar surface area (TPSA) is 66.8 Å². The van der Waals surface area contributed by atoms with Gasteiger partial charge in [-0.25, -0.2) is 4.98 Å². The first-order chi connectivity index (χ1) is 8.58. The van der Waals surface area contributed by atoms with E-state index in [4.69, 9.17) is 11.6 Å². The Bertz CT molecular complexity index is 543. The molecule has 2 aromatic rings. The van der Waals surface area contributed by atoms with Gasteiger partial charge in [-0.15, -0.1) is 11.3 Å². The summed E-state index contributed by atoms with van der Waals surface area (Å²) in [5.41, 5.74) is 0.988. The Morgan fingerprint density at radius 2 is 2.11 bits per heavy atom. The van der Waals surface area contributed by atoms with Crippen LogP contribution < -0.4 is 10.2 Å². The number of anilines is 2. The van der Waals surface area contributed by atoms with Crippen molar-refractivity contribution < 1.29 is 0 Å². The van der Waals surface area contributed by atoms with Crippen molar-refractivity contribution in [3.05, 3.63) is 21.4 Å². The van der Waals surface area contributed by atoms with Crippen LogP contribution in [-0.4, -0.2) is 34.0 Å². The summed E-state index contributed by atoms with van der Waals surface area (Å²) in [5.74, 6) is 0.969. The molecule has 18 heavy (non-hydrogen) atoms. The number of hydrogen-bond acceptors (Lipinski definition) is 7. The van der Waals surface area contributed by atoms with Crippen LogP contribution in [0.2, 0.25) is 5.28 Å². The molecule has 6 nitrogen and oxygen atoms in total. The van der Waals surface area contributed by atoms with Crippen LogP contribution in [0.4, 0.5) is 11.9 Å². The predicted octanol–water partition coefficient (Wildman–Crippen LogP) is 1.97. The zero-order valence-corrected chi connectivity index (χ0v) is 11.9. The second-order valence-corrected chi connectivity index (χ2v) is 5.09. The van der Waals surface area contributed by atoms with Gasteiger partial charge < -0.3 is 10.2 Å². The number of aromatic nitrogens is 4. The van der Waals surface area contributed by atoms with Gasteiger partial charge in [0.1, 0.15) is 0 Å². The molecule has 0 saturated heterocycles. The van der Waals surface area contributed by atoms with E-state index in [1.54, 1.807) is 18.4 Å². The first-order valence-corrected chi connectivity index (χ1v) is 6.55. The van der Waals surface area contributed by atoms with Gasteiger partial charge in [0, 0.05) is 19.5 Å². The zero-order valence-electron chi connectivity index (χ0n) is 10.3. The molecule has 0 amide bonds. The average Bonchev–Trinajstić information content (AvgIpc) is 2.73. The van der Waals surface area contributed by atoms with Gasteiger partial charge in [-0.2, -0.15) is 15.0 Å². The Hall–Kier alpha value is -1.47. The summed E-state index contributed by atoms with van der Waals surface area (Å²) in [6.07, 6.45) is 0. The van der Waals surface area contributed by atoms with Gasteiger partial charge in [-0.1, -0.05) is 0 Å². The minimum absolute atomic E-state index is 0.172. The van der Waals surface area contributed by atoms with Crippen molar-refractivity contribution in [1.82, 2.24) is 19.9 Å². The maximum Gasteiger partial charge on any atom is 0.231 e. The molecule has 2 aromatic heterocycles. The van der Waals surface area contributed by atoms with Crippen LogP contribution >= 0.6 is 22.9 Å². The Labute approximate surface area is 114 Å². The lowest BCUT2D eigenvalue weighted by atomic mass is 10.4. The second-order valence-electron chi connectivity index (χ2n) is 3.69. The van der Waals surface area contributed by atoms with E-state index in [2.05, 4.69) is 25.3 Å². The smallest absolute Gasteiger partial charge is 0.231 e. The van der Waals surface area contributed by atoms with Gasteiger partial charge in [-0.3, -0.25) is 0 Å². The van der Waals surface area contributed by atoms with Gasteiger partial charge in [0.25, 0.3) is 0 Å². The lowest BCUT2D eigenvalue weighted by molar-refractivity contribution is 0.835. The van der Waals surface area contributed by atoms with Crippen molar-refractivity contribution in [3.63, 3.8) is 0 Å². The third-order valence-electron chi connectivity index (χ3n) is 2.23. The lowest BCUT2D eigenvalue weighted by Gasteiger charge is -2.16. The van der Waals surface area contributed by atoms with Gasteiger partial charge in [0.05, 0.1) is 17.2 Å². The fourth-order valence-electron chi connectivity index (χ4n) is 1.42. The molecule has 0 fully saturated rings. The molecule has 0 saturated carbocycles. The molecule has 2 heterocycles.